The van der Waals surface area contributed by atoms with Gasteiger partial charge in [0.15, 0.2) is 0 Å². The van der Waals surface area contributed by atoms with Crippen LogP contribution in [0.1, 0.15) is 0 Å². The number of carbonyl (C=O) groups excluding carboxylic acids is 1. The Bertz CT molecular complexity index is 654. The van der Waals surface area contributed by atoms with Crippen molar-refractivity contribution in [2.75, 3.05) is 36.2 Å². The summed E-state index contributed by atoms with van der Waals surface area (Å²) in [6, 6.07) is -0.599. The summed E-state index contributed by atoms with van der Waals surface area (Å²) >= 11 is 3.30. The van der Waals surface area contributed by atoms with Crippen LogP contribution in [0.2, 0.25) is 0 Å². The topological polar surface area (TPSA) is 75.5 Å². The summed E-state index contributed by atoms with van der Waals surface area (Å²) in [6.45, 7) is 1.40. The lowest BCUT2D eigenvalue weighted by atomic mass is 10.3. The van der Waals surface area contributed by atoms with E-state index in [1.165, 1.54) is 33.1 Å². The fraction of sp³-hybridized carbons (Fsp3) is 0.667. The Morgan fingerprint density at radius 1 is 1.32 bits per heavy atom. The molecule has 2 aliphatic rings. The first-order valence-corrected chi connectivity index (χ1v) is 10.7. The van der Waals surface area contributed by atoms with Gasteiger partial charge < -0.3 is 4.90 Å². The van der Waals surface area contributed by atoms with Crippen molar-refractivity contribution in [3.63, 3.8) is 0 Å². The highest BCUT2D eigenvalue weighted by atomic mass is 32.2. The van der Waals surface area contributed by atoms with E-state index in [1.807, 2.05) is 11.8 Å². The van der Waals surface area contributed by atoms with Crippen molar-refractivity contribution in [3.05, 3.63) is 12.4 Å². The third-order valence-corrected chi connectivity index (χ3v) is 7.66. The van der Waals surface area contributed by atoms with Crippen LogP contribution in [0.4, 0.5) is 0 Å². The molecule has 2 aliphatic heterocycles. The zero-order valence-electron chi connectivity index (χ0n) is 12.2. The average molecular weight is 363 g/mol. The quantitative estimate of drug-likeness (QED) is 0.757. The Morgan fingerprint density at radius 2 is 2.05 bits per heavy atom. The maximum Gasteiger partial charge on any atom is 0.247 e. The van der Waals surface area contributed by atoms with Crippen molar-refractivity contribution in [2.24, 2.45) is 7.05 Å². The van der Waals surface area contributed by atoms with Crippen molar-refractivity contribution in [2.45, 2.75) is 10.9 Å². The number of rotatable bonds is 3. The summed E-state index contributed by atoms with van der Waals surface area (Å²) in [5, 5.41) is 3.92. The minimum atomic E-state index is -3.67. The van der Waals surface area contributed by atoms with Gasteiger partial charge in [-0.2, -0.15) is 21.2 Å². The Hall–Kier alpha value is -0.710. The summed E-state index contributed by atoms with van der Waals surface area (Å²) in [7, 11) is -2.00. The highest BCUT2D eigenvalue weighted by Gasteiger charge is 2.42. The van der Waals surface area contributed by atoms with E-state index in [-0.39, 0.29) is 10.8 Å². The molecule has 3 heterocycles. The molecule has 0 radical (unpaired) electrons. The normalized spacial score (nSPS) is 23.9. The highest BCUT2D eigenvalue weighted by molar-refractivity contribution is 8.00. The fourth-order valence-corrected chi connectivity index (χ4v) is 6.54. The number of thioether (sulfide) groups is 2. The molecule has 0 N–H and O–H groups in total. The molecule has 1 atom stereocenters. The molecule has 10 heteroatoms. The van der Waals surface area contributed by atoms with Crippen molar-refractivity contribution < 1.29 is 13.2 Å². The van der Waals surface area contributed by atoms with Crippen LogP contribution in [0.5, 0.6) is 0 Å². The van der Waals surface area contributed by atoms with Gasteiger partial charge in [0.25, 0.3) is 0 Å². The van der Waals surface area contributed by atoms with E-state index < -0.39 is 16.1 Å². The lowest BCUT2D eigenvalue weighted by molar-refractivity contribution is -0.133. The van der Waals surface area contributed by atoms with Gasteiger partial charge >= 0.3 is 0 Å². The SMILES string of the molecule is Cn1cc(S(=O)(=O)N2CSCC2C(=O)N2CCSCC2)cn1. The van der Waals surface area contributed by atoms with Crippen molar-refractivity contribution >= 4 is 39.5 Å². The second-order valence-corrected chi connectivity index (χ2v) is 9.31. The average Bonchev–Trinajstić information content (AvgIpc) is 3.16. The first kappa shape index (κ1) is 16.2. The van der Waals surface area contributed by atoms with Gasteiger partial charge in [-0.3, -0.25) is 9.48 Å². The summed E-state index contributed by atoms with van der Waals surface area (Å²) in [6.07, 6.45) is 2.80. The monoisotopic (exact) mass is 362 g/mol. The van der Waals surface area contributed by atoms with Crippen molar-refractivity contribution in [1.29, 1.82) is 0 Å². The van der Waals surface area contributed by atoms with Crippen LogP contribution in [0.15, 0.2) is 17.3 Å². The Labute approximate surface area is 138 Å². The molecular weight excluding hydrogens is 344 g/mol. The number of amides is 1. The lowest BCUT2D eigenvalue weighted by Crippen LogP contribution is -2.50. The number of hydrogen-bond donors (Lipinski definition) is 0. The number of aryl methyl sites for hydroxylation is 1. The van der Waals surface area contributed by atoms with Gasteiger partial charge in [0.2, 0.25) is 15.9 Å². The lowest BCUT2D eigenvalue weighted by Gasteiger charge is -2.31. The van der Waals surface area contributed by atoms with Crippen molar-refractivity contribution in [3.8, 4) is 0 Å². The van der Waals surface area contributed by atoms with Crippen LogP contribution in [0.3, 0.4) is 0 Å². The van der Waals surface area contributed by atoms with Gasteiger partial charge in [0.05, 0.1) is 12.1 Å². The number of carbonyl (C=O) groups is 1. The summed E-state index contributed by atoms with van der Waals surface area (Å²) in [5.41, 5.74) is 0. The van der Waals surface area contributed by atoms with Crippen LogP contribution >= 0.6 is 23.5 Å². The number of sulfonamides is 1. The molecule has 3 rings (SSSR count). The van der Waals surface area contributed by atoms with Crippen molar-refractivity contribution in [1.82, 2.24) is 19.0 Å². The summed E-state index contributed by atoms with van der Waals surface area (Å²) in [4.78, 5) is 14.6. The molecule has 0 spiro atoms. The van der Waals surface area contributed by atoms with Crippen LogP contribution < -0.4 is 0 Å². The zero-order chi connectivity index (χ0) is 15.7. The molecule has 1 aromatic rings. The van der Waals surface area contributed by atoms with Gasteiger partial charge in [-0.25, -0.2) is 8.42 Å². The maximum absolute atomic E-state index is 12.7. The van der Waals surface area contributed by atoms with Crippen LogP contribution in [0.25, 0.3) is 0 Å². The molecule has 1 amide bonds. The molecular formula is C12H18N4O3S3. The summed E-state index contributed by atoms with van der Waals surface area (Å²) < 4.78 is 28.2. The van der Waals surface area contributed by atoms with Crippen LogP contribution in [-0.4, -0.2) is 75.6 Å². The van der Waals surface area contributed by atoms with Gasteiger partial charge in [0.1, 0.15) is 10.9 Å². The van der Waals surface area contributed by atoms with Crippen LogP contribution in [0, 0.1) is 0 Å². The Morgan fingerprint density at radius 3 is 2.68 bits per heavy atom. The molecule has 1 aromatic heterocycles. The summed E-state index contributed by atoms with van der Waals surface area (Å²) in [5.74, 6) is 2.60. The second kappa shape index (κ2) is 6.42. The molecule has 0 aromatic carbocycles. The van der Waals surface area contributed by atoms with Gasteiger partial charge in [0, 0.05) is 43.6 Å². The van der Waals surface area contributed by atoms with E-state index >= 15 is 0 Å². The minimum absolute atomic E-state index is 0.0715. The van der Waals surface area contributed by atoms with Gasteiger partial charge in [-0.1, -0.05) is 0 Å². The Balaban J connectivity index is 1.82. The Kier molecular flexibility index (Phi) is 4.72. The first-order chi connectivity index (χ1) is 10.5. The molecule has 122 valence electrons. The van der Waals surface area contributed by atoms with E-state index in [9.17, 15) is 13.2 Å². The molecule has 1 unspecified atom stereocenters. The van der Waals surface area contributed by atoms with E-state index in [4.69, 9.17) is 0 Å². The maximum atomic E-state index is 12.7. The largest absolute Gasteiger partial charge is 0.340 e. The molecule has 7 nitrogen and oxygen atoms in total. The second-order valence-electron chi connectivity index (χ2n) is 5.20. The van der Waals surface area contributed by atoms with E-state index in [1.54, 1.807) is 11.9 Å². The molecule has 2 saturated heterocycles. The van der Waals surface area contributed by atoms with E-state index in [0.29, 0.717) is 24.7 Å². The zero-order valence-corrected chi connectivity index (χ0v) is 14.7. The van der Waals surface area contributed by atoms with Gasteiger partial charge in [-0.15, -0.1) is 11.8 Å². The first-order valence-electron chi connectivity index (χ1n) is 6.95. The van der Waals surface area contributed by atoms with E-state index in [2.05, 4.69) is 5.10 Å². The predicted molar refractivity (Wildman–Crippen MR) is 87.3 cm³/mol. The van der Waals surface area contributed by atoms with E-state index in [0.717, 1.165) is 11.5 Å². The minimum Gasteiger partial charge on any atom is -0.340 e. The third-order valence-electron chi connectivity index (χ3n) is 3.74. The standard InChI is InChI=1S/C12H18N4O3S3/c1-14-7-10(6-13-14)22(18,19)16-9-21-8-11(16)12(17)15-2-4-20-5-3-15/h6-7,11H,2-5,8-9H2,1H3. The highest BCUT2D eigenvalue weighted by Crippen LogP contribution is 2.29. The number of hydrogen-bond acceptors (Lipinski definition) is 6. The smallest absolute Gasteiger partial charge is 0.247 e. The van der Waals surface area contributed by atoms with Crippen LogP contribution in [-0.2, 0) is 21.9 Å². The number of nitrogens with zero attached hydrogens (tertiary/aromatic N) is 4. The predicted octanol–water partition coefficient (Wildman–Crippen LogP) is 0.0591. The number of aromatic nitrogens is 2. The fourth-order valence-electron chi connectivity index (χ4n) is 2.52. The molecule has 2 fully saturated rings. The third kappa shape index (κ3) is 3.01. The molecule has 0 bridgehead atoms. The molecule has 0 aliphatic carbocycles. The molecule has 22 heavy (non-hydrogen) atoms. The van der Waals surface area contributed by atoms with Gasteiger partial charge in [-0.05, 0) is 0 Å². The molecule has 0 saturated carbocycles.